The molecule has 0 saturated heterocycles. The molecule has 0 aliphatic carbocycles. The Morgan fingerprint density at radius 1 is 1.33 bits per heavy atom. The average Bonchev–Trinajstić information content (AvgIpc) is 2.15. The van der Waals surface area contributed by atoms with Crippen molar-refractivity contribution in [2.45, 2.75) is 39.0 Å². The largest absolute Gasteiger partial charge is 0.389 e. The molecule has 0 bridgehead atoms. The molecular weight excluding hydrogens is 210 g/mol. The lowest BCUT2D eigenvalue weighted by Crippen LogP contribution is -2.44. The molecule has 0 heterocycles. The smallest absolute Gasteiger partial charge is 0.0741 e. The Bertz CT molecular complexity index is 302. The quantitative estimate of drug-likeness (QED) is 0.829. The summed E-state index contributed by atoms with van der Waals surface area (Å²) in [5.74, 6) is 0. The number of hydrogen-bond acceptors (Lipinski definition) is 2. The molecule has 0 fully saturated rings. The number of benzene rings is 1. The summed E-state index contributed by atoms with van der Waals surface area (Å²) in [6, 6.07) is 7.74. The predicted octanol–water partition coefficient (Wildman–Crippen LogP) is 2.59. The minimum absolute atomic E-state index is 0.0492. The second-order valence-corrected chi connectivity index (χ2v) is 4.82. The van der Waals surface area contributed by atoms with Crippen LogP contribution in [-0.2, 0) is 6.54 Å². The molecule has 1 aromatic rings. The zero-order valence-corrected chi connectivity index (χ0v) is 10.2. The van der Waals surface area contributed by atoms with Gasteiger partial charge in [-0.2, -0.15) is 0 Å². The van der Waals surface area contributed by atoms with Crippen LogP contribution in [0.2, 0.25) is 5.02 Å². The minimum atomic E-state index is -0.702. The number of nitrogens with one attached hydrogen (secondary N) is 1. The van der Waals surface area contributed by atoms with E-state index in [9.17, 15) is 5.11 Å². The maximum Gasteiger partial charge on any atom is 0.0741 e. The Kier molecular flexibility index (Phi) is 4.14. The first-order valence-electron chi connectivity index (χ1n) is 5.10. The van der Waals surface area contributed by atoms with E-state index in [0.29, 0.717) is 0 Å². The van der Waals surface area contributed by atoms with Gasteiger partial charge in [0.1, 0.15) is 0 Å². The molecule has 1 aromatic carbocycles. The standard InChI is InChI=1S/C12H18ClNO/c1-9(12(2,3)15)14-8-10-4-6-11(13)7-5-10/h4-7,9,14-15H,8H2,1-3H3. The maximum absolute atomic E-state index is 9.72. The van der Waals surface area contributed by atoms with Gasteiger partial charge in [0, 0.05) is 17.6 Å². The van der Waals surface area contributed by atoms with Crippen LogP contribution in [0.5, 0.6) is 0 Å². The second-order valence-electron chi connectivity index (χ2n) is 4.38. The van der Waals surface area contributed by atoms with Crippen LogP contribution in [-0.4, -0.2) is 16.7 Å². The van der Waals surface area contributed by atoms with Crippen LogP contribution in [0.15, 0.2) is 24.3 Å². The van der Waals surface area contributed by atoms with Crippen molar-refractivity contribution < 1.29 is 5.11 Å². The fourth-order valence-electron chi connectivity index (χ4n) is 1.12. The zero-order valence-electron chi connectivity index (χ0n) is 9.42. The molecule has 84 valence electrons. The van der Waals surface area contributed by atoms with E-state index in [1.807, 2.05) is 31.2 Å². The summed E-state index contributed by atoms with van der Waals surface area (Å²) < 4.78 is 0. The third kappa shape index (κ3) is 4.20. The highest BCUT2D eigenvalue weighted by molar-refractivity contribution is 6.30. The molecule has 0 radical (unpaired) electrons. The molecule has 3 heteroatoms. The van der Waals surface area contributed by atoms with Gasteiger partial charge in [-0.05, 0) is 38.5 Å². The van der Waals surface area contributed by atoms with Gasteiger partial charge in [-0.15, -0.1) is 0 Å². The first-order chi connectivity index (χ1) is 6.89. The Labute approximate surface area is 96.3 Å². The summed E-state index contributed by atoms with van der Waals surface area (Å²) >= 11 is 5.79. The van der Waals surface area contributed by atoms with E-state index in [-0.39, 0.29) is 6.04 Å². The van der Waals surface area contributed by atoms with Crippen molar-refractivity contribution in [2.75, 3.05) is 0 Å². The Hall–Kier alpha value is -0.570. The van der Waals surface area contributed by atoms with Gasteiger partial charge >= 0.3 is 0 Å². The van der Waals surface area contributed by atoms with E-state index in [1.54, 1.807) is 13.8 Å². The van der Waals surface area contributed by atoms with Crippen molar-refractivity contribution >= 4 is 11.6 Å². The van der Waals surface area contributed by atoms with Crippen molar-refractivity contribution in [3.8, 4) is 0 Å². The van der Waals surface area contributed by atoms with E-state index in [0.717, 1.165) is 17.1 Å². The van der Waals surface area contributed by atoms with Crippen molar-refractivity contribution in [1.29, 1.82) is 0 Å². The fourth-order valence-corrected chi connectivity index (χ4v) is 1.25. The van der Waals surface area contributed by atoms with Gasteiger partial charge < -0.3 is 10.4 Å². The molecule has 1 atom stereocenters. The van der Waals surface area contributed by atoms with E-state index in [2.05, 4.69) is 5.32 Å². The van der Waals surface area contributed by atoms with E-state index < -0.39 is 5.60 Å². The molecule has 15 heavy (non-hydrogen) atoms. The first kappa shape index (κ1) is 12.5. The number of aliphatic hydroxyl groups is 1. The lowest BCUT2D eigenvalue weighted by molar-refractivity contribution is 0.0437. The van der Waals surface area contributed by atoms with Crippen molar-refractivity contribution in [3.63, 3.8) is 0 Å². The van der Waals surface area contributed by atoms with Gasteiger partial charge in [0.25, 0.3) is 0 Å². The van der Waals surface area contributed by atoms with Crippen LogP contribution in [0.4, 0.5) is 0 Å². The van der Waals surface area contributed by atoms with Crippen molar-refractivity contribution in [1.82, 2.24) is 5.32 Å². The third-order valence-electron chi connectivity index (χ3n) is 2.59. The molecule has 0 saturated carbocycles. The average molecular weight is 228 g/mol. The molecule has 1 rings (SSSR count). The first-order valence-corrected chi connectivity index (χ1v) is 5.47. The predicted molar refractivity (Wildman–Crippen MR) is 64.1 cm³/mol. The molecule has 0 aliphatic rings. The van der Waals surface area contributed by atoms with Gasteiger partial charge in [-0.1, -0.05) is 23.7 Å². The van der Waals surface area contributed by atoms with Crippen LogP contribution in [0.3, 0.4) is 0 Å². The van der Waals surface area contributed by atoms with Gasteiger partial charge in [-0.3, -0.25) is 0 Å². The SMILES string of the molecule is CC(NCc1ccc(Cl)cc1)C(C)(C)O. The van der Waals surface area contributed by atoms with Gasteiger partial charge in [0.2, 0.25) is 0 Å². The van der Waals surface area contributed by atoms with Crippen LogP contribution in [0, 0.1) is 0 Å². The molecule has 0 aromatic heterocycles. The van der Waals surface area contributed by atoms with E-state index in [4.69, 9.17) is 11.6 Å². The Balaban J connectivity index is 2.47. The summed E-state index contributed by atoms with van der Waals surface area (Å²) in [4.78, 5) is 0. The lowest BCUT2D eigenvalue weighted by atomic mass is 10.0. The maximum atomic E-state index is 9.72. The highest BCUT2D eigenvalue weighted by atomic mass is 35.5. The summed E-state index contributed by atoms with van der Waals surface area (Å²) in [5.41, 5.74) is 0.461. The van der Waals surface area contributed by atoms with Crippen LogP contribution in [0.1, 0.15) is 26.3 Å². The Morgan fingerprint density at radius 2 is 1.87 bits per heavy atom. The molecular formula is C12H18ClNO. The number of rotatable bonds is 4. The molecule has 0 amide bonds. The number of hydrogen-bond donors (Lipinski definition) is 2. The summed E-state index contributed by atoms with van der Waals surface area (Å²) in [5, 5.41) is 13.7. The lowest BCUT2D eigenvalue weighted by Gasteiger charge is -2.26. The molecule has 0 aliphatic heterocycles. The molecule has 1 unspecified atom stereocenters. The number of halogens is 1. The summed E-state index contributed by atoms with van der Waals surface area (Å²) in [6.07, 6.45) is 0. The molecule has 0 spiro atoms. The zero-order chi connectivity index (χ0) is 11.5. The van der Waals surface area contributed by atoms with Crippen molar-refractivity contribution in [2.24, 2.45) is 0 Å². The summed E-state index contributed by atoms with van der Waals surface area (Å²) in [6.45, 7) is 6.30. The second kappa shape index (κ2) is 4.97. The van der Waals surface area contributed by atoms with Crippen LogP contribution >= 0.6 is 11.6 Å². The molecule has 2 nitrogen and oxygen atoms in total. The molecule has 2 N–H and O–H groups in total. The van der Waals surface area contributed by atoms with Crippen molar-refractivity contribution in [3.05, 3.63) is 34.9 Å². The third-order valence-corrected chi connectivity index (χ3v) is 2.84. The Morgan fingerprint density at radius 3 is 2.33 bits per heavy atom. The van der Waals surface area contributed by atoms with E-state index in [1.165, 1.54) is 0 Å². The topological polar surface area (TPSA) is 32.3 Å². The minimum Gasteiger partial charge on any atom is -0.389 e. The summed E-state index contributed by atoms with van der Waals surface area (Å²) in [7, 11) is 0. The van der Waals surface area contributed by atoms with Gasteiger partial charge in [-0.25, -0.2) is 0 Å². The van der Waals surface area contributed by atoms with Gasteiger partial charge in [0.05, 0.1) is 5.60 Å². The van der Waals surface area contributed by atoms with E-state index >= 15 is 0 Å². The van der Waals surface area contributed by atoms with Crippen LogP contribution in [0.25, 0.3) is 0 Å². The normalized spacial score (nSPS) is 13.9. The fraction of sp³-hybridized carbons (Fsp3) is 0.500. The monoisotopic (exact) mass is 227 g/mol. The van der Waals surface area contributed by atoms with Gasteiger partial charge in [0.15, 0.2) is 0 Å². The van der Waals surface area contributed by atoms with Crippen LogP contribution < -0.4 is 5.32 Å². The highest BCUT2D eigenvalue weighted by Crippen LogP contribution is 2.11. The highest BCUT2D eigenvalue weighted by Gasteiger charge is 2.21.